The van der Waals surface area contributed by atoms with Crippen molar-refractivity contribution in [3.05, 3.63) is 62.9 Å². The van der Waals surface area contributed by atoms with Crippen molar-refractivity contribution < 1.29 is 0 Å². The van der Waals surface area contributed by atoms with Crippen LogP contribution in [0.4, 0.5) is 0 Å². The molecular weight excluding hydrogens is 320 g/mol. The maximum atomic E-state index is 4.38. The summed E-state index contributed by atoms with van der Waals surface area (Å²) in [5, 5.41) is 4.71. The van der Waals surface area contributed by atoms with Crippen molar-refractivity contribution in [3.63, 3.8) is 0 Å². The van der Waals surface area contributed by atoms with E-state index in [-0.39, 0.29) is 0 Å². The number of nitrogens with zero attached hydrogens (tertiary/aromatic N) is 1. The molecule has 4 heteroatoms. The van der Waals surface area contributed by atoms with Gasteiger partial charge in [-0.2, -0.15) is 0 Å². The van der Waals surface area contributed by atoms with Crippen molar-refractivity contribution in [2.75, 3.05) is 0 Å². The number of rotatable bonds is 4. The van der Waals surface area contributed by atoms with Gasteiger partial charge in [0.05, 0.1) is 9.30 Å². The van der Waals surface area contributed by atoms with Gasteiger partial charge in [0.15, 0.2) is 0 Å². The first-order valence-corrected chi connectivity index (χ1v) is 7.71. The van der Waals surface area contributed by atoms with E-state index in [0.29, 0.717) is 0 Å². The Bertz CT molecular complexity index is 688. The number of hydrogen-bond acceptors (Lipinski definition) is 3. The van der Waals surface area contributed by atoms with Crippen molar-refractivity contribution in [3.8, 4) is 0 Å². The van der Waals surface area contributed by atoms with Crippen LogP contribution in [-0.2, 0) is 13.1 Å². The smallest absolute Gasteiger partial charge is 0.0705 e. The topological polar surface area (TPSA) is 24.9 Å². The van der Waals surface area contributed by atoms with E-state index in [9.17, 15) is 0 Å². The monoisotopic (exact) mass is 332 g/mol. The fraction of sp³-hybridized carbons (Fsp3) is 0.133. The third-order valence-corrected chi connectivity index (χ3v) is 4.61. The van der Waals surface area contributed by atoms with E-state index in [0.717, 1.165) is 18.6 Å². The number of hydrogen-bond donors (Lipinski definition) is 1. The highest BCUT2D eigenvalue weighted by molar-refractivity contribution is 9.11. The Hall–Kier alpha value is -1.23. The third kappa shape index (κ3) is 3.03. The Kier molecular flexibility index (Phi) is 3.92. The van der Waals surface area contributed by atoms with Crippen molar-refractivity contribution in [2.24, 2.45) is 0 Å². The van der Waals surface area contributed by atoms with Crippen LogP contribution < -0.4 is 5.32 Å². The molecule has 0 aliphatic carbocycles. The number of fused-ring (bicyclic) bond motifs is 1. The van der Waals surface area contributed by atoms with E-state index in [4.69, 9.17) is 0 Å². The summed E-state index contributed by atoms with van der Waals surface area (Å²) in [4.78, 5) is 5.72. The number of halogens is 1. The minimum absolute atomic E-state index is 0.860. The highest BCUT2D eigenvalue weighted by atomic mass is 79.9. The predicted molar refractivity (Wildman–Crippen MR) is 84.3 cm³/mol. The SMILES string of the molecule is Brc1ccc(CNCc2ccnc3ccccc23)s1. The number of benzene rings is 1. The van der Waals surface area contributed by atoms with Crippen molar-refractivity contribution in [1.82, 2.24) is 10.3 Å². The fourth-order valence-electron chi connectivity index (χ4n) is 2.08. The second-order valence-corrected chi connectivity index (χ2v) is 6.84. The van der Waals surface area contributed by atoms with Crippen LogP contribution in [0.1, 0.15) is 10.4 Å². The molecule has 0 saturated carbocycles. The standard InChI is InChI=1S/C15H13BrN2S/c16-15-6-5-12(19-15)10-17-9-11-7-8-18-14-4-2-1-3-13(11)14/h1-8,17H,9-10H2. The van der Waals surface area contributed by atoms with Crippen molar-refractivity contribution in [2.45, 2.75) is 13.1 Å². The van der Waals surface area contributed by atoms with Crippen molar-refractivity contribution >= 4 is 38.2 Å². The normalized spacial score (nSPS) is 11.0. The van der Waals surface area contributed by atoms with Gasteiger partial charge in [-0.25, -0.2) is 0 Å². The maximum Gasteiger partial charge on any atom is 0.0705 e. The molecule has 0 aliphatic heterocycles. The molecule has 0 spiro atoms. The Morgan fingerprint density at radius 1 is 1.05 bits per heavy atom. The van der Waals surface area contributed by atoms with Gasteiger partial charge in [0.2, 0.25) is 0 Å². The number of para-hydroxylation sites is 1. The minimum atomic E-state index is 0.860. The molecule has 1 aromatic carbocycles. The first-order valence-electron chi connectivity index (χ1n) is 6.10. The third-order valence-electron chi connectivity index (χ3n) is 2.98. The first kappa shape index (κ1) is 12.8. The molecule has 2 aromatic heterocycles. The predicted octanol–water partition coefficient (Wildman–Crippen LogP) is 4.35. The lowest BCUT2D eigenvalue weighted by atomic mass is 10.1. The molecule has 3 aromatic rings. The summed E-state index contributed by atoms with van der Waals surface area (Å²) in [6.45, 7) is 1.76. The van der Waals surface area contributed by atoms with Crippen molar-refractivity contribution in [1.29, 1.82) is 0 Å². The molecule has 3 rings (SSSR count). The summed E-state index contributed by atoms with van der Waals surface area (Å²) in [6, 6.07) is 14.6. The summed E-state index contributed by atoms with van der Waals surface area (Å²) in [5.41, 5.74) is 2.35. The zero-order valence-corrected chi connectivity index (χ0v) is 12.7. The zero-order valence-electron chi connectivity index (χ0n) is 10.3. The van der Waals surface area contributed by atoms with Gasteiger partial charge in [-0.3, -0.25) is 4.98 Å². The average molecular weight is 333 g/mol. The van der Waals surface area contributed by atoms with Gasteiger partial charge in [0.1, 0.15) is 0 Å². The molecule has 0 radical (unpaired) electrons. The molecule has 96 valence electrons. The van der Waals surface area contributed by atoms with Crippen LogP contribution in [0.15, 0.2) is 52.4 Å². The van der Waals surface area contributed by atoms with Gasteiger partial charge in [0.25, 0.3) is 0 Å². The number of thiophene rings is 1. The molecular formula is C15H13BrN2S. The maximum absolute atomic E-state index is 4.38. The van der Waals surface area contributed by atoms with Crippen LogP contribution in [0.5, 0.6) is 0 Å². The second kappa shape index (κ2) is 5.82. The van der Waals surface area contributed by atoms with Crippen LogP contribution >= 0.6 is 27.3 Å². The lowest BCUT2D eigenvalue weighted by Gasteiger charge is -2.06. The van der Waals surface area contributed by atoms with Gasteiger partial charge < -0.3 is 5.32 Å². The fourth-order valence-corrected chi connectivity index (χ4v) is 3.53. The molecule has 0 bridgehead atoms. The Balaban J connectivity index is 1.71. The van der Waals surface area contributed by atoms with Crippen LogP contribution in [0, 0.1) is 0 Å². The highest BCUT2D eigenvalue weighted by Crippen LogP contribution is 2.22. The zero-order chi connectivity index (χ0) is 13.1. The van der Waals surface area contributed by atoms with E-state index >= 15 is 0 Å². The molecule has 0 amide bonds. The van der Waals surface area contributed by atoms with E-state index in [1.807, 2.05) is 12.3 Å². The lowest BCUT2D eigenvalue weighted by Crippen LogP contribution is -2.12. The lowest BCUT2D eigenvalue weighted by molar-refractivity contribution is 0.704. The van der Waals surface area contributed by atoms with Gasteiger partial charge in [-0.05, 0) is 45.8 Å². The summed E-state index contributed by atoms with van der Waals surface area (Å²) >= 11 is 5.25. The molecule has 1 N–H and O–H groups in total. The number of aromatic nitrogens is 1. The molecule has 0 saturated heterocycles. The Labute approximate surface area is 124 Å². The summed E-state index contributed by atoms with van der Waals surface area (Å²) < 4.78 is 1.18. The van der Waals surface area contributed by atoms with Gasteiger partial charge in [-0.15, -0.1) is 11.3 Å². The number of nitrogens with one attached hydrogen (secondary N) is 1. The average Bonchev–Trinajstić information content (AvgIpc) is 2.85. The quantitative estimate of drug-likeness (QED) is 0.768. The van der Waals surface area contributed by atoms with Gasteiger partial charge in [0, 0.05) is 29.5 Å². The minimum Gasteiger partial charge on any atom is -0.308 e. The van der Waals surface area contributed by atoms with Crippen LogP contribution in [0.2, 0.25) is 0 Å². The van der Waals surface area contributed by atoms with E-state index < -0.39 is 0 Å². The molecule has 2 nitrogen and oxygen atoms in total. The first-order chi connectivity index (χ1) is 9.33. The highest BCUT2D eigenvalue weighted by Gasteiger charge is 2.02. The van der Waals surface area contributed by atoms with E-state index in [2.05, 4.69) is 62.6 Å². The summed E-state index contributed by atoms with van der Waals surface area (Å²) in [7, 11) is 0. The van der Waals surface area contributed by atoms with Gasteiger partial charge >= 0.3 is 0 Å². The summed E-state index contributed by atoms with van der Waals surface area (Å²) in [6.07, 6.45) is 1.88. The van der Waals surface area contributed by atoms with Crippen LogP contribution in [0.25, 0.3) is 10.9 Å². The molecule has 0 fully saturated rings. The molecule has 0 aliphatic rings. The molecule has 19 heavy (non-hydrogen) atoms. The van der Waals surface area contributed by atoms with E-state index in [1.54, 1.807) is 11.3 Å². The molecule has 0 atom stereocenters. The molecule has 0 unspecified atom stereocenters. The Morgan fingerprint density at radius 3 is 2.79 bits per heavy atom. The molecule has 2 heterocycles. The van der Waals surface area contributed by atoms with Gasteiger partial charge in [-0.1, -0.05) is 18.2 Å². The largest absolute Gasteiger partial charge is 0.308 e. The number of pyridine rings is 1. The Morgan fingerprint density at radius 2 is 1.95 bits per heavy atom. The van der Waals surface area contributed by atoms with Crippen LogP contribution in [-0.4, -0.2) is 4.98 Å². The summed E-state index contributed by atoms with van der Waals surface area (Å²) in [5.74, 6) is 0. The van der Waals surface area contributed by atoms with E-state index in [1.165, 1.54) is 19.6 Å². The second-order valence-electron chi connectivity index (χ2n) is 4.30. The van der Waals surface area contributed by atoms with Crippen LogP contribution in [0.3, 0.4) is 0 Å².